The van der Waals surface area contributed by atoms with Crippen LogP contribution in [-0.4, -0.2) is 53.7 Å². The number of fused-ring (bicyclic) bond motifs is 1. The summed E-state index contributed by atoms with van der Waals surface area (Å²) in [6.45, 7) is 1.38. The molecular formula is C18H19N5O4S. The van der Waals surface area contributed by atoms with Crippen LogP contribution < -0.4 is 5.32 Å². The average molecular weight is 401 g/mol. The molecule has 2 aromatic heterocycles. The number of pyridine rings is 1. The van der Waals surface area contributed by atoms with E-state index >= 15 is 0 Å². The number of amides is 1. The fraction of sp³-hybridized carbons (Fsp3) is 0.278. The van der Waals surface area contributed by atoms with Crippen LogP contribution in [0.2, 0.25) is 0 Å². The second-order valence-electron chi connectivity index (χ2n) is 6.43. The molecule has 0 aliphatic carbocycles. The van der Waals surface area contributed by atoms with Crippen LogP contribution in [0.5, 0.6) is 0 Å². The van der Waals surface area contributed by atoms with Gasteiger partial charge in [-0.15, -0.1) is 0 Å². The predicted molar refractivity (Wildman–Crippen MR) is 101 cm³/mol. The Kier molecular flexibility index (Phi) is 5.07. The number of ether oxygens (including phenoxy) is 1. The molecule has 28 heavy (non-hydrogen) atoms. The summed E-state index contributed by atoms with van der Waals surface area (Å²) in [7, 11) is -3.56. The zero-order valence-electron chi connectivity index (χ0n) is 15.0. The summed E-state index contributed by atoms with van der Waals surface area (Å²) >= 11 is 0. The maximum atomic E-state index is 12.6. The smallest absolute Gasteiger partial charge is 0.253 e. The Morgan fingerprint density at radius 2 is 2.07 bits per heavy atom. The lowest BCUT2D eigenvalue weighted by Crippen LogP contribution is -2.38. The fourth-order valence-corrected chi connectivity index (χ4v) is 4.30. The first-order valence-corrected chi connectivity index (χ1v) is 10.2. The van der Waals surface area contributed by atoms with Gasteiger partial charge in [-0.3, -0.25) is 9.89 Å². The largest absolute Gasteiger partial charge is 0.365 e. The first-order valence-electron chi connectivity index (χ1n) is 8.78. The molecule has 1 aliphatic heterocycles. The quantitative estimate of drug-likeness (QED) is 0.665. The van der Waals surface area contributed by atoms with Gasteiger partial charge in [0, 0.05) is 31.3 Å². The van der Waals surface area contributed by atoms with E-state index in [1.54, 1.807) is 36.5 Å². The molecule has 3 aromatic rings. The number of aromatic amines is 1. The summed E-state index contributed by atoms with van der Waals surface area (Å²) in [6, 6.07) is 8.18. The molecule has 9 nitrogen and oxygen atoms in total. The number of rotatable bonds is 5. The highest BCUT2D eigenvalue weighted by Gasteiger charge is 2.26. The van der Waals surface area contributed by atoms with Gasteiger partial charge in [0.15, 0.2) is 5.65 Å². The van der Waals surface area contributed by atoms with E-state index in [0.29, 0.717) is 30.8 Å². The van der Waals surface area contributed by atoms with Crippen LogP contribution in [0.3, 0.4) is 0 Å². The van der Waals surface area contributed by atoms with Gasteiger partial charge in [0.25, 0.3) is 5.91 Å². The molecule has 1 fully saturated rings. The molecular weight excluding hydrogens is 382 g/mol. The maximum Gasteiger partial charge on any atom is 0.253 e. The Bertz CT molecular complexity index is 1090. The summed E-state index contributed by atoms with van der Waals surface area (Å²) < 4.78 is 31.7. The van der Waals surface area contributed by atoms with Crippen molar-refractivity contribution in [2.75, 3.05) is 19.9 Å². The zero-order valence-corrected chi connectivity index (χ0v) is 15.8. The number of carbonyl (C=O) groups is 1. The van der Waals surface area contributed by atoms with Gasteiger partial charge in [0.1, 0.15) is 6.73 Å². The minimum atomic E-state index is -3.56. The Hall–Kier alpha value is -2.82. The molecule has 0 atom stereocenters. The number of hydrogen-bond acceptors (Lipinski definition) is 6. The summed E-state index contributed by atoms with van der Waals surface area (Å²) in [5.74, 6) is -0.266. The van der Waals surface area contributed by atoms with Gasteiger partial charge in [-0.25, -0.2) is 13.4 Å². The Balaban J connectivity index is 1.40. The van der Waals surface area contributed by atoms with Crippen molar-refractivity contribution in [2.24, 2.45) is 0 Å². The van der Waals surface area contributed by atoms with E-state index in [9.17, 15) is 13.2 Å². The first-order chi connectivity index (χ1) is 13.5. The zero-order chi connectivity index (χ0) is 19.6. The molecule has 1 aliphatic rings. The number of benzene rings is 1. The molecule has 10 heteroatoms. The van der Waals surface area contributed by atoms with Crippen molar-refractivity contribution in [3.63, 3.8) is 0 Å². The van der Waals surface area contributed by atoms with E-state index in [1.165, 1.54) is 10.5 Å². The number of sulfonamides is 1. The summed E-state index contributed by atoms with van der Waals surface area (Å²) in [5.41, 5.74) is 1.84. The van der Waals surface area contributed by atoms with Gasteiger partial charge >= 0.3 is 0 Å². The number of carbonyl (C=O) groups excluding carboxylic acids is 1. The molecule has 0 unspecified atom stereocenters. The van der Waals surface area contributed by atoms with Crippen LogP contribution in [0.4, 0.5) is 0 Å². The van der Waals surface area contributed by atoms with E-state index < -0.39 is 10.0 Å². The molecule has 1 saturated heterocycles. The van der Waals surface area contributed by atoms with Crippen molar-refractivity contribution in [3.05, 3.63) is 53.9 Å². The molecule has 4 rings (SSSR count). The number of H-pyrrole nitrogens is 1. The average Bonchev–Trinajstić information content (AvgIpc) is 3.21. The van der Waals surface area contributed by atoms with Crippen molar-refractivity contribution in [1.82, 2.24) is 24.8 Å². The topological polar surface area (TPSA) is 117 Å². The fourth-order valence-electron chi connectivity index (χ4n) is 2.94. The van der Waals surface area contributed by atoms with E-state index in [-0.39, 0.29) is 24.1 Å². The van der Waals surface area contributed by atoms with Gasteiger partial charge < -0.3 is 10.1 Å². The second-order valence-corrected chi connectivity index (χ2v) is 8.37. The van der Waals surface area contributed by atoms with E-state index in [2.05, 4.69) is 20.5 Å². The van der Waals surface area contributed by atoms with Crippen LogP contribution in [0.15, 0.2) is 47.6 Å². The first kappa shape index (κ1) is 18.5. The highest BCUT2D eigenvalue weighted by Crippen LogP contribution is 2.19. The summed E-state index contributed by atoms with van der Waals surface area (Å²) in [5, 5.41) is 10.2. The van der Waals surface area contributed by atoms with Crippen LogP contribution in [0.1, 0.15) is 22.3 Å². The van der Waals surface area contributed by atoms with E-state index in [1.807, 2.05) is 0 Å². The van der Waals surface area contributed by atoms with Gasteiger partial charge in [-0.1, -0.05) is 12.1 Å². The SMILES string of the molecule is O=C(NCc1ccc(S(=O)(=O)N2CCCOC2)cc1)c1cnc2[nH]ncc2c1. The summed E-state index contributed by atoms with van der Waals surface area (Å²) in [4.78, 5) is 16.7. The molecule has 0 radical (unpaired) electrons. The minimum Gasteiger partial charge on any atom is -0.365 e. The normalized spacial score (nSPS) is 15.6. The number of nitrogens with zero attached hydrogens (tertiary/aromatic N) is 3. The third kappa shape index (κ3) is 3.75. The van der Waals surface area contributed by atoms with Crippen LogP contribution in [0.25, 0.3) is 11.0 Å². The molecule has 146 valence electrons. The molecule has 0 bridgehead atoms. The lowest BCUT2D eigenvalue weighted by molar-refractivity contribution is 0.0313. The predicted octanol–water partition coefficient (Wildman–Crippen LogP) is 1.26. The Morgan fingerprint density at radius 1 is 1.25 bits per heavy atom. The second kappa shape index (κ2) is 7.66. The molecule has 1 amide bonds. The van der Waals surface area contributed by atoms with Crippen molar-refractivity contribution in [1.29, 1.82) is 0 Å². The molecule has 0 saturated carbocycles. The Morgan fingerprint density at radius 3 is 2.82 bits per heavy atom. The number of hydrogen-bond donors (Lipinski definition) is 2. The minimum absolute atomic E-state index is 0.0786. The monoisotopic (exact) mass is 401 g/mol. The maximum absolute atomic E-state index is 12.6. The van der Waals surface area contributed by atoms with Crippen molar-refractivity contribution in [2.45, 2.75) is 17.9 Å². The molecule has 1 aromatic carbocycles. The highest BCUT2D eigenvalue weighted by atomic mass is 32.2. The van der Waals surface area contributed by atoms with Gasteiger partial charge in [-0.05, 0) is 30.2 Å². The number of nitrogens with one attached hydrogen (secondary N) is 2. The highest BCUT2D eigenvalue weighted by molar-refractivity contribution is 7.89. The van der Waals surface area contributed by atoms with E-state index in [4.69, 9.17) is 4.74 Å². The van der Waals surface area contributed by atoms with Crippen molar-refractivity contribution >= 4 is 27.0 Å². The standard InChI is InChI=1S/C18H19N5O4S/c24-18(15-8-14-11-21-22-17(14)19-10-15)20-9-13-2-4-16(5-3-13)28(25,26)23-6-1-7-27-12-23/h2-5,8,10-11H,1,6-7,9,12H2,(H,20,24)(H,19,21,22). The van der Waals surface area contributed by atoms with Gasteiger partial charge in [0.2, 0.25) is 10.0 Å². The lowest BCUT2D eigenvalue weighted by atomic mass is 10.2. The molecule has 3 heterocycles. The van der Waals surface area contributed by atoms with Crippen molar-refractivity contribution in [3.8, 4) is 0 Å². The van der Waals surface area contributed by atoms with Gasteiger partial charge in [-0.2, -0.15) is 9.40 Å². The van der Waals surface area contributed by atoms with Crippen LogP contribution in [-0.2, 0) is 21.3 Å². The van der Waals surface area contributed by atoms with Crippen molar-refractivity contribution < 1.29 is 17.9 Å². The van der Waals surface area contributed by atoms with Crippen LogP contribution in [0, 0.1) is 0 Å². The molecule has 0 spiro atoms. The summed E-state index contributed by atoms with van der Waals surface area (Å²) in [6.07, 6.45) is 3.76. The Labute approximate surface area is 161 Å². The number of aromatic nitrogens is 3. The molecule has 2 N–H and O–H groups in total. The van der Waals surface area contributed by atoms with Crippen LogP contribution >= 0.6 is 0 Å². The lowest BCUT2D eigenvalue weighted by Gasteiger charge is -2.25. The third-order valence-electron chi connectivity index (χ3n) is 4.50. The van der Waals surface area contributed by atoms with E-state index in [0.717, 1.165) is 10.9 Å². The van der Waals surface area contributed by atoms with Gasteiger partial charge in [0.05, 0.1) is 16.7 Å². The third-order valence-corrected chi connectivity index (χ3v) is 6.33.